The molecule has 19 heavy (non-hydrogen) atoms. The minimum absolute atomic E-state index is 0.286. The van der Waals surface area contributed by atoms with Crippen LogP contribution in [0, 0.1) is 11.6 Å². The molecule has 106 valence electrons. The van der Waals surface area contributed by atoms with Gasteiger partial charge in [-0.15, -0.1) is 0 Å². The van der Waals surface area contributed by atoms with Gasteiger partial charge >= 0.3 is 5.97 Å². The van der Waals surface area contributed by atoms with Crippen LogP contribution in [0.25, 0.3) is 0 Å². The summed E-state index contributed by atoms with van der Waals surface area (Å²) in [5, 5.41) is 0. The summed E-state index contributed by atoms with van der Waals surface area (Å²) in [5.41, 5.74) is 0. The third-order valence-electron chi connectivity index (χ3n) is 2.09. The number of alkyl halides is 1. The second-order valence-electron chi connectivity index (χ2n) is 3.42. The topological polar surface area (TPSA) is 72.5 Å². The SMILES string of the molecule is COC(=O)C(I)CNS(=O)(=O)c1cc(F)ccc1F. The molecular formula is C10H10F2INO4S. The first kappa shape index (κ1) is 16.2. The van der Waals surface area contributed by atoms with Crippen molar-refractivity contribution in [2.75, 3.05) is 13.7 Å². The number of nitrogens with one attached hydrogen (secondary N) is 1. The molecule has 0 radical (unpaired) electrons. The monoisotopic (exact) mass is 405 g/mol. The molecule has 0 saturated heterocycles. The molecule has 9 heteroatoms. The van der Waals surface area contributed by atoms with Gasteiger partial charge in [0.1, 0.15) is 20.5 Å². The smallest absolute Gasteiger partial charge is 0.319 e. The van der Waals surface area contributed by atoms with Crippen LogP contribution in [0.2, 0.25) is 0 Å². The van der Waals surface area contributed by atoms with E-state index in [1.54, 1.807) is 22.6 Å². The van der Waals surface area contributed by atoms with Crippen molar-refractivity contribution in [1.29, 1.82) is 0 Å². The first-order chi connectivity index (χ1) is 8.77. The molecule has 0 aliphatic heterocycles. The van der Waals surface area contributed by atoms with E-state index in [0.29, 0.717) is 12.1 Å². The lowest BCUT2D eigenvalue weighted by Crippen LogP contribution is -2.34. The Bertz CT molecular complexity index is 579. The summed E-state index contributed by atoms with van der Waals surface area (Å²) in [4.78, 5) is 10.3. The molecule has 0 saturated carbocycles. The van der Waals surface area contributed by atoms with Crippen LogP contribution >= 0.6 is 22.6 Å². The maximum Gasteiger partial charge on any atom is 0.319 e. The number of carbonyl (C=O) groups is 1. The number of methoxy groups -OCH3 is 1. The second-order valence-corrected chi connectivity index (χ2v) is 6.66. The Morgan fingerprint density at radius 3 is 2.68 bits per heavy atom. The van der Waals surface area contributed by atoms with Gasteiger partial charge in [0.2, 0.25) is 10.0 Å². The summed E-state index contributed by atoms with van der Waals surface area (Å²) in [6, 6.07) is 2.09. The quantitative estimate of drug-likeness (QED) is 0.455. The Hall–Kier alpha value is -0.810. The molecule has 0 spiro atoms. The van der Waals surface area contributed by atoms with E-state index < -0.39 is 36.4 Å². The fourth-order valence-corrected chi connectivity index (χ4v) is 3.06. The van der Waals surface area contributed by atoms with Crippen LogP contribution in [0.5, 0.6) is 0 Å². The maximum absolute atomic E-state index is 13.3. The Balaban J connectivity index is 2.87. The molecule has 1 N–H and O–H groups in total. The standard InChI is InChI=1S/C10H10F2INO4S/c1-18-10(15)8(13)5-14-19(16,17)9-4-6(11)2-3-7(9)12/h2-4,8,14H,5H2,1H3. The highest BCUT2D eigenvalue weighted by molar-refractivity contribution is 14.1. The third-order valence-corrected chi connectivity index (χ3v) is 4.48. The van der Waals surface area contributed by atoms with Crippen LogP contribution in [0.1, 0.15) is 0 Å². The lowest BCUT2D eigenvalue weighted by molar-refractivity contribution is -0.139. The van der Waals surface area contributed by atoms with Crippen molar-refractivity contribution in [3.63, 3.8) is 0 Å². The fourth-order valence-electron chi connectivity index (χ4n) is 1.15. The number of carbonyl (C=O) groups excluding carboxylic acids is 1. The van der Waals surface area contributed by atoms with Crippen LogP contribution in [0.3, 0.4) is 0 Å². The number of halogens is 3. The van der Waals surface area contributed by atoms with Crippen LogP contribution in [-0.4, -0.2) is 32.0 Å². The molecule has 1 rings (SSSR count). The molecule has 5 nitrogen and oxygen atoms in total. The van der Waals surface area contributed by atoms with Gasteiger partial charge in [-0.3, -0.25) is 4.79 Å². The molecule has 0 heterocycles. The number of benzene rings is 1. The van der Waals surface area contributed by atoms with Gasteiger partial charge in [0.25, 0.3) is 0 Å². The summed E-state index contributed by atoms with van der Waals surface area (Å²) in [6.07, 6.45) is 0. The molecule has 0 fully saturated rings. The van der Waals surface area contributed by atoms with Crippen LogP contribution in [-0.2, 0) is 19.6 Å². The second kappa shape index (κ2) is 6.57. The van der Waals surface area contributed by atoms with Crippen molar-refractivity contribution < 1.29 is 26.7 Å². The summed E-state index contributed by atoms with van der Waals surface area (Å²) in [6.45, 7) is -0.286. The predicted molar refractivity (Wildman–Crippen MR) is 71.4 cm³/mol. The minimum atomic E-state index is -4.23. The van der Waals surface area contributed by atoms with Crippen molar-refractivity contribution in [3.8, 4) is 0 Å². The molecule has 1 atom stereocenters. The van der Waals surface area contributed by atoms with Crippen LogP contribution < -0.4 is 4.72 Å². The van der Waals surface area contributed by atoms with Crippen LogP contribution in [0.4, 0.5) is 8.78 Å². The van der Waals surface area contributed by atoms with Crippen molar-refractivity contribution in [1.82, 2.24) is 4.72 Å². The van der Waals surface area contributed by atoms with E-state index in [0.717, 1.165) is 13.2 Å². The summed E-state index contributed by atoms with van der Waals surface area (Å²) >= 11 is 1.67. The first-order valence-electron chi connectivity index (χ1n) is 4.94. The van der Waals surface area contributed by atoms with Gasteiger partial charge in [0.15, 0.2) is 0 Å². The molecule has 0 aliphatic rings. The zero-order valence-corrected chi connectivity index (χ0v) is 12.7. The molecule has 0 aromatic heterocycles. The minimum Gasteiger partial charge on any atom is -0.468 e. The molecule has 1 aromatic rings. The first-order valence-corrected chi connectivity index (χ1v) is 7.67. The fraction of sp³-hybridized carbons (Fsp3) is 0.300. The molecule has 0 aliphatic carbocycles. The predicted octanol–water partition coefficient (Wildman–Crippen LogP) is 1.22. The van der Waals surface area contributed by atoms with E-state index in [1.165, 1.54) is 0 Å². The average Bonchev–Trinajstić information content (AvgIpc) is 2.37. The molecule has 1 unspecified atom stereocenters. The zero-order valence-electron chi connectivity index (χ0n) is 9.69. The number of ether oxygens (including phenoxy) is 1. The van der Waals surface area contributed by atoms with E-state index in [1.807, 2.05) is 4.72 Å². The van der Waals surface area contributed by atoms with E-state index in [9.17, 15) is 22.0 Å². The largest absolute Gasteiger partial charge is 0.468 e. The molecule has 0 bridgehead atoms. The third kappa shape index (κ3) is 4.35. The Morgan fingerprint density at radius 1 is 1.47 bits per heavy atom. The highest BCUT2D eigenvalue weighted by atomic mass is 127. The number of esters is 1. The van der Waals surface area contributed by atoms with Gasteiger partial charge in [-0.25, -0.2) is 21.9 Å². The number of rotatable bonds is 5. The van der Waals surface area contributed by atoms with Gasteiger partial charge in [-0.2, -0.15) is 0 Å². The highest BCUT2D eigenvalue weighted by Gasteiger charge is 2.23. The van der Waals surface area contributed by atoms with E-state index >= 15 is 0 Å². The van der Waals surface area contributed by atoms with E-state index in [-0.39, 0.29) is 6.54 Å². The van der Waals surface area contributed by atoms with Crippen molar-refractivity contribution in [3.05, 3.63) is 29.8 Å². The number of hydrogen-bond acceptors (Lipinski definition) is 4. The van der Waals surface area contributed by atoms with Crippen LogP contribution in [0.15, 0.2) is 23.1 Å². The zero-order chi connectivity index (χ0) is 14.6. The summed E-state index contributed by atoms with van der Waals surface area (Å²) in [7, 11) is -3.07. The molecule has 0 amide bonds. The Kier molecular flexibility index (Phi) is 5.62. The average molecular weight is 405 g/mol. The van der Waals surface area contributed by atoms with Gasteiger partial charge in [0.05, 0.1) is 7.11 Å². The Labute approximate surface area is 122 Å². The number of hydrogen-bond donors (Lipinski definition) is 1. The van der Waals surface area contributed by atoms with Crippen molar-refractivity contribution in [2.24, 2.45) is 0 Å². The van der Waals surface area contributed by atoms with E-state index in [4.69, 9.17) is 0 Å². The molecular weight excluding hydrogens is 395 g/mol. The summed E-state index contributed by atoms with van der Waals surface area (Å²) in [5.74, 6) is -2.57. The highest BCUT2D eigenvalue weighted by Crippen LogP contribution is 2.16. The van der Waals surface area contributed by atoms with Crippen molar-refractivity contribution >= 4 is 38.6 Å². The normalized spacial score (nSPS) is 13.1. The van der Waals surface area contributed by atoms with Crippen molar-refractivity contribution in [2.45, 2.75) is 8.82 Å². The lowest BCUT2D eigenvalue weighted by atomic mass is 10.3. The van der Waals surface area contributed by atoms with Gasteiger partial charge in [0, 0.05) is 6.54 Å². The van der Waals surface area contributed by atoms with Gasteiger partial charge in [-0.1, -0.05) is 22.6 Å². The Morgan fingerprint density at radius 2 is 2.11 bits per heavy atom. The molecule has 1 aromatic carbocycles. The lowest BCUT2D eigenvalue weighted by Gasteiger charge is -2.10. The van der Waals surface area contributed by atoms with E-state index in [2.05, 4.69) is 4.74 Å². The van der Waals surface area contributed by atoms with Gasteiger partial charge < -0.3 is 4.74 Å². The summed E-state index contributed by atoms with van der Waals surface area (Å²) < 4.78 is 55.4. The maximum atomic E-state index is 13.3. The number of sulfonamides is 1. The van der Waals surface area contributed by atoms with Gasteiger partial charge in [-0.05, 0) is 18.2 Å².